The molecule has 3 aromatic rings. The summed E-state index contributed by atoms with van der Waals surface area (Å²) in [5.74, 6) is -0.0325. The Balaban J connectivity index is 1.48. The lowest BCUT2D eigenvalue weighted by atomic mass is 9.84. The third-order valence-corrected chi connectivity index (χ3v) is 10.1. The van der Waals surface area contributed by atoms with E-state index in [2.05, 4.69) is 21.4 Å². The molecule has 1 N–H and O–H groups in total. The molecule has 0 aliphatic carbocycles. The van der Waals surface area contributed by atoms with Gasteiger partial charge in [-0.05, 0) is 78.4 Å². The maximum atomic E-state index is 14.6. The summed E-state index contributed by atoms with van der Waals surface area (Å²) in [7, 11) is -0.490. The van der Waals surface area contributed by atoms with Crippen molar-refractivity contribution < 1.29 is 18.0 Å². The van der Waals surface area contributed by atoms with E-state index in [1.165, 1.54) is 28.8 Å². The Labute approximate surface area is 258 Å². The van der Waals surface area contributed by atoms with Crippen molar-refractivity contribution in [1.82, 2.24) is 28.8 Å². The van der Waals surface area contributed by atoms with Crippen LogP contribution in [0.1, 0.15) is 39.9 Å². The third-order valence-electron chi connectivity index (χ3n) is 8.19. The Bertz CT molecular complexity index is 1620. The van der Waals surface area contributed by atoms with Gasteiger partial charge < -0.3 is 5.32 Å². The summed E-state index contributed by atoms with van der Waals surface area (Å²) in [4.78, 5) is 37.9. The second kappa shape index (κ2) is 13.1. The summed E-state index contributed by atoms with van der Waals surface area (Å²) in [6.45, 7) is 1.04. The van der Waals surface area contributed by atoms with Crippen molar-refractivity contribution in [2.75, 3.05) is 33.7 Å². The minimum atomic E-state index is -3.52. The molecule has 0 unspecified atom stereocenters. The van der Waals surface area contributed by atoms with Crippen LogP contribution in [0.5, 0.6) is 0 Å². The van der Waals surface area contributed by atoms with Crippen molar-refractivity contribution in [2.45, 2.75) is 31.2 Å². The highest BCUT2D eigenvalue weighted by Gasteiger charge is 2.50. The van der Waals surface area contributed by atoms with Crippen LogP contribution in [0.3, 0.4) is 0 Å². The molecule has 2 aromatic heterocycles. The highest BCUT2D eigenvalue weighted by Crippen LogP contribution is 2.33. The molecule has 2 aliphatic heterocycles. The average molecular weight is 614 g/mol. The number of hydrogen-bond donors (Lipinski definition) is 1. The zero-order chi connectivity index (χ0) is 31.3. The first-order valence-electron chi connectivity index (χ1n) is 14.4. The van der Waals surface area contributed by atoms with Crippen LogP contribution >= 0.6 is 0 Å². The molecule has 44 heavy (non-hydrogen) atoms. The first-order valence-corrected chi connectivity index (χ1v) is 15.8. The first kappa shape index (κ1) is 31.0. The first-order chi connectivity index (χ1) is 21.1. The van der Waals surface area contributed by atoms with Crippen LogP contribution in [0.15, 0.2) is 85.2 Å². The number of carbonyl (C=O) groups is 2. The number of amides is 1. The van der Waals surface area contributed by atoms with E-state index >= 15 is 0 Å². The standard InChI is InChI=1S/C32H35N7O4S/c1-37(2)44(42,43)38-17-11-27(12-18-38)23-39-30(19-29(40)28-5-3-26(22-33)4-6-28)36-32(31(39)41,20-24-7-13-34-14-8-24)21-25-9-15-35-16-10-25/h3-10,13-16,19,27,36H,11-12,17-18,20-21,23H2,1-2H3/b30-19+. The summed E-state index contributed by atoms with van der Waals surface area (Å²) < 4.78 is 28.0. The van der Waals surface area contributed by atoms with Gasteiger partial charge in [-0.3, -0.25) is 24.5 Å². The van der Waals surface area contributed by atoms with Gasteiger partial charge in [0.1, 0.15) is 11.4 Å². The van der Waals surface area contributed by atoms with Crippen LogP contribution in [-0.4, -0.2) is 82.9 Å². The summed E-state index contributed by atoms with van der Waals surface area (Å²) in [5, 5.41) is 12.6. The van der Waals surface area contributed by atoms with Gasteiger partial charge in [-0.25, -0.2) is 0 Å². The highest BCUT2D eigenvalue weighted by atomic mass is 32.2. The number of carbonyl (C=O) groups excluding carboxylic acids is 2. The average Bonchev–Trinajstić information content (AvgIpc) is 3.27. The van der Waals surface area contributed by atoms with Crippen LogP contribution in [0.25, 0.3) is 0 Å². The molecule has 228 valence electrons. The number of nitriles is 1. The molecule has 4 heterocycles. The Hall–Kier alpha value is -4.44. The number of benzene rings is 1. The maximum Gasteiger partial charge on any atom is 0.281 e. The van der Waals surface area contributed by atoms with E-state index < -0.39 is 15.7 Å². The molecule has 0 atom stereocenters. The molecule has 0 bridgehead atoms. The monoisotopic (exact) mass is 613 g/mol. The molecular formula is C32H35N7O4S. The fourth-order valence-electron chi connectivity index (χ4n) is 5.76. The van der Waals surface area contributed by atoms with Crippen molar-refractivity contribution in [3.63, 3.8) is 0 Å². The van der Waals surface area contributed by atoms with E-state index in [-0.39, 0.29) is 17.6 Å². The largest absolute Gasteiger partial charge is 0.357 e. The number of nitrogens with zero attached hydrogens (tertiary/aromatic N) is 6. The predicted molar refractivity (Wildman–Crippen MR) is 164 cm³/mol. The van der Waals surface area contributed by atoms with E-state index in [0.29, 0.717) is 62.3 Å². The van der Waals surface area contributed by atoms with Gasteiger partial charge >= 0.3 is 0 Å². The number of allylic oxidation sites excluding steroid dienone is 1. The van der Waals surface area contributed by atoms with Gasteiger partial charge in [0.15, 0.2) is 5.78 Å². The van der Waals surface area contributed by atoms with Crippen LogP contribution in [-0.2, 0) is 27.8 Å². The summed E-state index contributed by atoms with van der Waals surface area (Å²) in [6.07, 6.45) is 10.1. The van der Waals surface area contributed by atoms with Crippen LogP contribution in [0.4, 0.5) is 0 Å². The predicted octanol–water partition coefficient (Wildman–Crippen LogP) is 2.55. The molecular weight excluding hydrogens is 578 g/mol. The molecule has 0 radical (unpaired) electrons. The molecule has 2 aliphatic rings. The molecule has 5 rings (SSSR count). The van der Waals surface area contributed by atoms with Gasteiger partial charge in [0.05, 0.1) is 11.6 Å². The Morgan fingerprint density at radius 3 is 2.05 bits per heavy atom. The number of nitrogens with one attached hydrogen (secondary N) is 1. The Morgan fingerprint density at radius 2 is 1.55 bits per heavy atom. The van der Waals surface area contributed by atoms with E-state index in [9.17, 15) is 18.0 Å². The lowest BCUT2D eigenvalue weighted by molar-refractivity contribution is -0.132. The quantitative estimate of drug-likeness (QED) is 0.272. The summed E-state index contributed by atoms with van der Waals surface area (Å²) >= 11 is 0. The zero-order valence-electron chi connectivity index (χ0n) is 24.8. The van der Waals surface area contributed by atoms with E-state index in [4.69, 9.17) is 5.26 Å². The van der Waals surface area contributed by atoms with Crippen LogP contribution < -0.4 is 5.32 Å². The van der Waals surface area contributed by atoms with Crippen LogP contribution in [0.2, 0.25) is 0 Å². The molecule has 1 aromatic carbocycles. The fraction of sp³-hybridized carbons (Fsp3) is 0.344. The minimum Gasteiger partial charge on any atom is -0.357 e. The molecule has 11 nitrogen and oxygen atoms in total. The number of aromatic nitrogens is 2. The zero-order valence-corrected chi connectivity index (χ0v) is 25.6. The second-order valence-electron chi connectivity index (χ2n) is 11.4. The van der Waals surface area contributed by atoms with Crippen LogP contribution in [0, 0.1) is 17.2 Å². The van der Waals surface area contributed by atoms with Crippen molar-refractivity contribution in [2.24, 2.45) is 5.92 Å². The van der Waals surface area contributed by atoms with Gasteiger partial charge in [0.2, 0.25) is 0 Å². The highest BCUT2D eigenvalue weighted by molar-refractivity contribution is 7.86. The summed E-state index contributed by atoms with van der Waals surface area (Å²) in [6, 6.07) is 15.9. The fourth-order valence-corrected chi connectivity index (χ4v) is 6.89. The minimum absolute atomic E-state index is 0.0282. The molecule has 0 spiro atoms. The number of ketones is 1. The normalized spacial score (nSPS) is 18.4. The van der Waals surface area contributed by atoms with Crippen molar-refractivity contribution in [1.29, 1.82) is 5.26 Å². The van der Waals surface area contributed by atoms with Gasteiger partial charge in [-0.15, -0.1) is 0 Å². The number of hydrogen-bond acceptors (Lipinski definition) is 8. The Morgan fingerprint density at radius 1 is 1.00 bits per heavy atom. The number of pyridine rings is 2. The third kappa shape index (κ3) is 6.70. The van der Waals surface area contributed by atoms with E-state index in [1.807, 2.05) is 24.3 Å². The van der Waals surface area contributed by atoms with Gasteiger partial charge in [0, 0.05) is 83.0 Å². The van der Waals surface area contributed by atoms with Gasteiger partial charge in [0.25, 0.3) is 16.1 Å². The molecule has 0 saturated carbocycles. The topological polar surface area (TPSA) is 140 Å². The molecule has 2 saturated heterocycles. The smallest absolute Gasteiger partial charge is 0.281 e. The van der Waals surface area contributed by atoms with Crippen molar-refractivity contribution in [3.05, 3.63) is 107 Å². The SMILES string of the molecule is CN(C)S(=O)(=O)N1CCC(CN2C(=O)C(Cc3ccncc3)(Cc3ccncc3)N/C2=C\C(=O)c2ccc(C#N)cc2)CC1. The molecule has 12 heteroatoms. The van der Waals surface area contributed by atoms with Gasteiger partial charge in [-0.2, -0.15) is 22.3 Å². The lowest BCUT2D eigenvalue weighted by Gasteiger charge is -2.34. The summed E-state index contributed by atoms with van der Waals surface area (Å²) in [5.41, 5.74) is 1.58. The number of piperidine rings is 1. The van der Waals surface area contributed by atoms with Gasteiger partial charge in [-0.1, -0.05) is 0 Å². The van der Waals surface area contributed by atoms with Crippen molar-refractivity contribution >= 4 is 21.9 Å². The van der Waals surface area contributed by atoms with E-state index in [0.717, 1.165) is 11.1 Å². The second-order valence-corrected chi connectivity index (χ2v) is 13.5. The number of rotatable bonds is 10. The van der Waals surface area contributed by atoms with Crippen molar-refractivity contribution in [3.8, 4) is 6.07 Å². The molecule has 1 amide bonds. The maximum absolute atomic E-state index is 14.6. The lowest BCUT2D eigenvalue weighted by Crippen LogP contribution is -2.51. The molecule has 2 fully saturated rings. The Kier molecular flexibility index (Phi) is 9.20. The van der Waals surface area contributed by atoms with E-state index in [1.54, 1.807) is 54.0 Å².